The minimum Gasteiger partial charge on any atom is -0.379 e. The molecule has 0 saturated heterocycles. The summed E-state index contributed by atoms with van der Waals surface area (Å²) in [4.78, 5) is 10.4. The van der Waals surface area contributed by atoms with Gasteiger partial charge in [0.25, 0.3) is 5.69 Å². The molecule has 4 heteroatoms. The number of anilines is 1. The third-order valence-corrected chi connectivity index (χ3v) is 2.16. The van der Waals surface area contributed by atoms with E-state index < -0.39 is 0 Å². The number of nitro benzene ring substituents is 1. The number of nitrogens with zero attached hydrogens (tertiary/aromatic N) is 1. The Morgan fingerprint density at radius 3 is 2.94 bits per heavy atom. The fourth-order valence-corrected chi connectivity index (χ4v) is 1.36. The summed E-state index contributed by atoms with van der Waals surface area (Å²) in [7, 11) is 0. The van der Waals surface area contributed by atoms with Crippen LogP contribution in [0.25, 0.3) is 0 Å². The Bertz CT molecular complexity index is 422. The van der Waals surface area contributed by atoms with Gasteiger partial charge in [-0.15, -0.1) is 12.3 Å². The lowest BCUT2D eigenvalue weighted by atomic mass is 10.2. The van der Waals surface area contributed by atoms with Crippen molar-refractivity contribution >= 4 is 11.4 Å². The molecule has 0 radical (unpaired) electrons. The summed E-state index contributed by atoms with van der Waals surface area (Å²) < 4.78 is 0. The molecular formula is C12H14N2O2. The van der Waals surface area contributed by atoms with Crippen molar-refractivity contribution in [2.24, 2.45) is 0 Å². The van der Waals surface area contributed by atoms with Crippen LogP contribution in [0.2, 0.25) is 0 Å². The average Bonchev–Trinajstić information content (AvgIpc) is 2.26. The molecule has 1 aromatic rings. The quantitative estimate of drug-likeness (QED) is 0.358. The Kier molecular flexibility index (Phi) is 4.34. The first-order valence-electron chi connectivity index (χ1n) is 5.07. The molecule has 16 heavy (non-hydrogen) atoms. The van der Waals surface area contributed by atoms with Crippen molar-refractivity contribution in [3.05, 3.63) is 33.9 Å². The molecule has 0 amide bonds. The first-order valence-corrected chi connectivity index (χ1v) is 5.07. The van der Waals surface area contributed by atoms with Gasteiger partial charge in [0.2, 0.25) is 0 Å². The van der Waals surface area contributed by atoms with Crippen LogP contribution in [0.5, 0.6) is 0 Å². The monoisotopic (exact) mass is 218 g/mol. The molecular weight excluding hydrogens is 204 g/mol. The van der Waals surface area contributed by atoms with Crippen LogP contribution in [0.4, 0.5) is 11.4 Å². The maximum absolute atomic E-state index is 10.8. The van der Waals surface area contributed by atoms with Crippen LogP contribution >= 0.6 is 0 Å². The van der Waals surface area contributed by atoms with Gasteiger partial charge in [0.1, 0.15) is 5.69 Å². The predicted octanol–water partition coefficient (Wildman–Crippen LogP) is 2.73. The number of benzene rings is 1. The maximum atomic E-state index is 10.8. The van der Waals surface area contributed by atoms with Crippen LogP contribution in [-0.4, -0.2) is 11.5 Å². The largest absolute Gasteiger partial charge is 0.379 e. The SMILES string of the molecule is C#CCCCNc1ccc(C)cc1[N+](=O)[O-]. The molecule has 0 aromatic heterocycles. The van der Waals surface area contributed by atoms with Crippen molar-refractivity contribution in [2.75, 3.05) is 11.9 Å². The van der Waals surface area contributed by atoms with E-state index in [1.807, 2.05) is 13.0 Å². The Labute approximate surface area is 94.8 Å². The summed E-state index contributed by atoms with van der Waals surface area (Å²) in [5.41, 5.74) is 1.54. The number of hydrogen-bond acceptors (Lipinski definition) is 3. The molecule has 0 atom stereocenters. The number of nitrogens with one attached hydrogen (secondary N) is 1. The van der Waals surface area contributed by atoms with Crippen LogP contribution in [0.15, 0.2) is 18.2 Å². The van der Waals surface area contributed by atoms with Gasteiger partial charge in [-0.05, 0) is 25.0 Å². The summed E-state index contributed by atoms with van der Waals surface area (Å²) in [5.74, 6) is 2.53. The zero-order valence-corrected chi connectivity index (χ0v) is 9.19. The van der Waals surface area contributed by atoms with E-state index >= 15 is 0 Å². The van der Waals surface area contributed by atoms with E-state index in [9.17, 15) is 10.1 Å². The first-order chi connectivity index (χ1) is 7.65. The Morgan fingerprint density at radius 2 is 2.31 bits per heavy atom. The zero-order chi connectivity index (χ0) is 12.0. The van der Waals surface area contributed by atoms with Gasteiger partial charge in [0, 0.05) is 19.0 Å². The van der Waals surface area contributed by atoms with Gasteiger partial charge in [-0.2, -0.15) is 0 Å². The highest BCUT2D eigenvalue weighted by Gasteiger charge is 2.12. The smallest absolute Gasteiger partial charge is 0.292 e. The van der Waals surface area contributed by atoms with Crippen LogP contribution in [-0.2, 0) is 0 Å². The molecule has 0 aliphatic rings. The van der Waals surface area contributed by atoms with Gasteiger partial charge in [-0.25, -0.2) is 0 Å². The molecule has 1 rings (SSSR count). The van der Waals surface area contributed by atoms with E-state index in [0.29, 0.717) is 18.7 Å². The molecule has 0 aliphatic heterocycles. The van der Waals surface area contributed by atoms with Crippen molar-refractivity contribution in [3.8, 4) is 12.3 Å². The molecule has 0 spiro atoms. The molecule has 84 valence electrons. The van der Waals surface area contributed by atoms with Crippen molar-refractivity contribution in [3.63, 3.8) is 0 Å². The van der Waals surface area contributed by atoms with E-state index in [0.717, 1.165) is 12.0 Å². The second-order valence-electron chi connectivity index (χ2n) is 3.51. The normalized spacial score (nSPS) is 9.50. The van der Waals surface area contributed by atoms with Gasteiger partial charge in [-0.1, -0.05) is 6.07 Å². The standard InChI is InChI=1S/C12H14N2O2/c1-3-4-5-8-13-11-7-6-10(2)9-12(11)14(15)16/h1,6-7,9,13H,4-5,8H2,2H3. The van der Waals surface area contributed by atoms with Crippen molar-refractivity contribution in [1.82, 2.24) is 0 Å². The van der Waals surface area contributed by atoms with Crippen LogP contribution in [0.1, 0.15) is 18.4 Å². The van der Waals surface area contributed by atoms with Crippen molar-refractivity contribution < 1.29 is 4.92 Å². The highest BCUT2D eigenvalue weighted by atomic mass is 16.6. The van der Waals surface area contributed by atoms with Gasteiger partial charge < -0.3 is 5.32 Å². The van der Waals surface area contributed by atoms with Crippen LogP contribution in [0, 0.1) is 29.4 Å². The Balaban J connectivity index is 2.72. The molecule has 0 heterocycles. The summed E-state index contributed by atoms with van der Waals surface area (Å²) in [6, 6.07) is 5.13. The van der Waals surface area contributed by atoms with Gasteiger partial charge in [-0.3, -0.25) is 10.1 Å². The summed E-state index contributed by atoms with van der Waals surface area (Å²) >= 11 is 0. The second-order valence-corrected chi connectivity index (χ2v) is 3.51. The lowest BCUT2D eigenvalue weighted by Gasteiger charge is -2.06. The molecule has 0 saturated carbocycles. The highest BCUT2D eigenvalue weighted by molar-refractivity contribution is 5.62. The van der Waals surface area contributed by atoms with Gasteiger partial charge in [0.05, 0.1) is 4.92 Å². The molecule has 0 bridgehead atoms. The van der Waals surface area contributed by atoms with Crippen molar-refractivity contribution in [2.45, 2.75) is 19.8 Å². The van der Waals surface area contributed by atoms with Crippen LogP contribution < -0.4 is 5.32 Å². The van der Waals surface area contributed by atoms with E-state index in [2.05, 4.69) is 11.2 Å². The number of hydrogen-bond donors (Lipinski definition) is 1. The second kappa shape index (κ2) is 5.76. The summed E-state index contributed by atoms with van der Waals surface area (Å²) in [6.07, 6.45) is 6.60. The first kappa shape index (κ1) is 12.1. The molecule has 0 aliphatic carbocycles. The fraction of sp³-hybridized carbons (Fsp3) is 0.333. The predicted molar refractivity (Wildman–Crippen MR) is 64.4 cm³/mol. The van der Waals surface area contributed by atoms with E-state index in [4.69, 9.17) is 6.42 Å². The third-order valence-electron chi connectivity index (χ3n) is 2.16. The van der Waals surface area contributed by atoms with E-state index in [1.165, 1.54) is 0 Å². The minimum absolute atomic E-state index is 0.112. The van der Waals surface area contributed by atoms with Gasteiger partial charge in [0.15, 0.2) is 0 Å². The number of unbranched alkanes of at least 4 members (excludes halogenated alkanes) is 1. The number of nitro groups is 1. The van der Waals surface area contributed by atoms with Gasteiger partial charge >= 0.3 is 0 Å². The van der Waals surface area contributed by atoms with Crippen LogP contribution in [0.3, 0.4) is 0 Å². The highest BCUT2D eigenvalue weighted by Crippen LogP contribution is 2.25. The summed E-state index contributed by atoms with van der Waals surface area (Å²) in [6.45, 7) is 2.48. The Hall–Kier alpha value is -2.02. The van der Waals surface area contributed by atoms with E-state index in [-0.39, 0.29) is 10.6 Å². The Morgan fingerprint density at radius 1 is 1.56 bits per heavy atom. The molecule has 1 N–H and O–H groups in total. The lowest BCUT2D eigenvalue weighted by Crippen LogP contribution is -2.04. The topological polar surface area (TPSA) is 55.2 Å². The number of rotatable bonds is 5. The maximum Gasteiger partial charge on any atom is 0.292 e. The summed E-state index contributed by atoms with van der Waals surface area (Å²) in [5, 5.41) is 13.8. The molecule has 0 fully saturated rings. The minimum atomic E-state index is -0.378. The molecule has 4 nitrogen and oxygen atoms in total. The average molecular weight is 218 g/mol. The number of terminal acetylenes is 1. The molecule has 0 unspecified atom stereocenters. The zero-order valence-electron chi connectivity index (χ0n) is 9.19. The fourth-order valence-electron chi connectivity index (χ4n) is 1.36. The number of aryl methyl sites for hydroxylation is 1. The lowest BCUT2D eigenvalue weighted by molar-refractivity contribution is -0.384. The van der Waals surface area contributed by atoms with Crippen molar-refractivity contribution in [1.29, 1.82) is 0 Å². The molecule has 1 aromatic carbocycles. The third kappa shape index (κ3) is 3.28. The van der Waals surface area contributed by atoms with E-state index in [1.54, 1.807) is 12.1 Å².